The molecule has 0 radical (unpaired) electrons. The normalized spacial score (nSPS) is 26.1. The van der Waals surface area contributed by atoms with Crippen molar-refractivity contribution in [1.29, 1.82) is 0 Å². The van der Waals surface area contributed by atoms with E-state index in [4.69, 9.17) is 4.74 Å². The molecule has 1 heterocycles. The Bertz CT molecular complexity index is 221. The first-order valence-corrected chi connectivity index (χ1v) is 6.11. The van der Waals surface area contributed by atoms with Crippen molar-refractivity contribution in [3.63, 3.8) is 0 Å². The van der Waals surface area contributed by atoms with Crippen LogP contribution in [0.5, 0.6) is 0 Å². The Morgan fingerprint density at radius 2 is 2.20 bits per heavy atom. The number of esters is 1. The molecule has 1 fully saturated rings. The molecule has 15 heavy (non-hydrogen) atoms. The monoisotopic (exact) mass is 210 g/mol. The van der Waals surface area contributed by atoms with Gasteiger partial charge in [0, 0.05) is 6.42 Å². The average Bonchev–Trinajstić information content (AvgIpc) is 2.55. The van der Waals surface area contributed by atoms with Crippen LogP contribution in [0.2, 0.25) is 0 Å². The van der Waals surface area contributed by atoms with Gasteiger partial charge in [0.1, 0.15) is 6.10 Å². The van der Waals surface area contributed by atoms with E-state index in [0.29, 0.717) is 0 Å². The van der Waals surface area contributed by atoms with E-state index >= 15 is 0 Å². The lowest BCUT2D eigenvalue weighted by atomic mass is 10.0. The molecule has 1 rings (SSSR count). The fourth-order valence-corrected chi connectivity index (χ4v) is 2.04. The van der Waals surface area contributed by atoms with Crippen LogP contribution in [0.4, 0.5) is 0 Å². The Labute approximate surface area is 92.7 Å². The van der Waals surface area contributed by atoms with Gasteiger partial charge in [0.15, 0.2) is 0 Å². The van der Waals surface area contributed by atoms with Gasteiger partial charge in [-0.25, -0.2) is 0 Å². The van der Waals surface area contributed by atoms with Crippen LogP contribution < -0.4 is 0 Å². The molecule has 0 aromatic heterocycles. The molecular weight excluding hydrogens is 188 g/mol. The second kappa shape index (κ2) is 6.65. The molecule has 0 saturated carbocycles. The first-order valence-electron chi connectivity index (χ1n) is 6.11. The van der Waals surface area contributed by atoms with Gasteiger partial charge in [0.2, 0.25) is 0 Å². The second-order valence-corrected chi connectivity index (χ2v) is 4.28. The van der Waals surface area contributed by atoms with Crippen LogP contribution in [-0.4, -0.2) is 12.1 Å². The van der Waals surface area contributed by atoms with Gasteiger partial charge in [0.25, 0.3) is 0 Å². The molecule has 2 atom stereocenters. The Kier molecular flexibility index (Phi) is 5.44. The predicted octanol–water partition coefficient (Wildman–Crippen LogP) is 3.46. The minimum Gasteiger partial charge on any atom is -0.462 e. The van der Waals surface area contributed by atoms with Gasteiger partial charge >= 0.3 is 5.97 Å². The highest BCUT2D eigenvalue weighted by molar-refractivity contribution is 5.76. The van der Waals surface area contributed by atoms with E-state index in [9.17, 15) is 4.79 Å². The molecule has 2 nitrogen and oxygen atoms in total. The number of rotatable bonds is 6. The number of cyclic esters (lactones) is 1. The smallest absolute Gasteiger partial charge is 0.313 e. The minimum absolute atomic E-state index is 0.0196. The summed E-state index contributed by atoms with van der Waals surface area (Å²) in [6, 6.07) is 0. The molecule has 0 amide bonds. The maximum atomic E-state index is 11.4. The van der Waals surface area contributed by atoms with Crippen molar-refractivity contribution in [3.05, 3.63) is 12.2 Å². The highest BCUT2D eigenvalue weighted by Gasteiger charge is 2.31. The first kappa shape index (κ1) is 12.3. The van der Waals surface area contributed by atoms with E-state index in [-0.39, 0.29) is 18.0 Å². The van der Waals surface area contributed by atoms with Gasteiger partial charge in [-0.15, -0.1) is 0 Å². The lowest BCUT2D eigenvalue weighted by Crippen LogP contribution is -2.06. The van der Waals surface area contributed by atoms with Crippen molar-refractivity contribution in [3.8, 4) is 0 Å². The summed E-state index contributed by atoms with van der Waals surface area (Å²) in [6.45, 7) is 4.15. The fourth-order valence-electron chi connectivity index (χ4n) is 2.04. The molecule has 0 bridgehead atoms. The summed E-state index contributed by atoms with van der Waals surface area (Å²) in [7, 11) is 0. The van der Waals surface area contributed by atoms with Gasteiger partial charge in [0.05, 0.1) is 5.92 Å². The number of ether oxygens (including phenoxy) is 1. The minimum atomic E-state index is -0.0337. The highest BCUT2D eigenvalue weighted by Crippen LogP contribution is 2.26. The van der Waals surface area contributed by atoms with E-state index in [1.807, 2.05) is 19.1 Å². The Morgan fingerprint density at radius 3 is 2.87 bits per heavy atom. The van der Waals surface area contributed by atoms with Crippen LogP contribution in [0.25, 0.3) is 0 Å². The molecule has 1 aliphatic rings. The van der Waals surface area contributed by atoms with Crippen LogP contribution in [0.3, 0.4) is 0 Å². The number of carbonyl (C=O) groups excluding carboxylic acids is 1. The molecule has 0 spiro atoms. The van der Waals surface area contributed by atoms with Crippen molar-refractivity contribution in [2.24, 2.45) is 5.92 Å². The summed E-state index contributed by atoms with van der Waals surface area (Å²) < 4.78 is 5.32. The third kappa shape index (κ3) is 4.06. The van der Waals surface area contributed by atoms with Crippen LogP contribution in [0.1, 0.15) is 52.4 Å². The maximum absolute atomic E-state index is 11.4. The zero-order valence-electron chi connectivity index (χ0n) is 9.87. The van der Waals surface area contributed by atoms with Crippen molar-refractivity contribution >= 4 is 5.97 Å². The largest absolute Gasteiger partial charge is 0.462 e. The molecule has 0 aliphatic carbocycles. The molecule has 0 aromatic carbocycles. The van der Waals surface area contributed by atoms with Gasteiger partial charge in [-0.2, -0.15) is 0 Å². The van der Waals surface area contributed by atoms with Crippen LogP contribution in [-0.2, 0) is 9.53 Å². The van der Waals surface area contributed by atoms with Crippen LogP contribution in [0, 0.1) is 5.92 Å². The lowest BCUT2D eigenvalue weighted by molar-refractivity contribution is -0.143. The zero-order valence-corrected chi connectivity index (χ0v) is 9.87. The lowest BCUT2D eigenvalue weighted by Gasteiger charge is -2.07. The average molecular weight is 210 g/mol. The number of hydrogen-bond acceptors (Lipinski definition) is 2. The van der Waals surface area contributed by atoms with Gasteiger partial charge < -0.3 is 4.74 Å². The van der Waals surface area contributed by atoms with Crippen molar-refractivity contribution in [1.82, 2.24) is 0 Å². The Hall–Kier alpha value is -0.790. The van der Waals surface area contributed by atoms with Crippen LogP contribution in [0.15, 0.2) is 12.2 Å². The Morgan fingerprint density at radius 1 is 1.40 bits per heavy atom. The molecule has 1 aliphatic heterocycles. The summed E-state index contributed by atoms with van der Waals surface area (Å²) >= 11 is 0. The Balaban J connectivity index is 2.20. The molecule has 0 N–H and O–H groups in total. The van der Waals surface area contributed by atoms with Gasteiger partial charge in [-0.1, -0.05) is 38.3 Å². The number of allylic oxidation sites excluding steroid dienone is 1. The summed E-state index contributed by atoms with van der Waals surface area (Å²) in [4.78, 5) is 11.4. The summed E-state index contributed by atoms with van der Waals surface area (Å²) in [5.74, 6) is -0.0141. The van der Waals surface area contributed by atoms with Crippen molar-refractivity contribution in [2.75, 3.05) is 0 Å². The molecule has 1 saturated heterocycles. The molecular formula is C13H22O2. The zero-order chi connectivity index (χ0) is 11.1. The predicted molar refractivity (Wildman–Crippen MR) is 61.6 cm³/mol. The van der Waals surface area contributed by atoms with E-state index in [0.717, 1.165) is 12.8 Å². The third-order valence-electron chi connectivity index (χ3n) is 2.91. The van der Waals surface area contributed by atoms with E-state index in [1.165, 1.54) is 25.7 Å². The summed E-state index contributed by atoms with van der Waals surface area (Å²) in [6.07, 6.45) is 11.0. The number of carbonyl (C=O) groups is 1. The highest BCUT2D eigenvalue weighted by atomic mass is 16.5. The maximum Gasteiger partial charge on any atom is 0.313 e. The standard InChI is InChI=1S/C13H22O2/c1-3-5-6-7-9-12-10-11(8-4-2)13(14)15-12/h4,8,11-12H,3,5-7,9-10H2,1-2H3. The SMILES string of the molecule is CC=CC1CC(CCCCCC)OC1=O. The van der Waals surface area contributed by atoms with Gasteiger partial charge in [-0.05, 0) is 19.8 Å². The molecule has 2 unspecified atom stereocenters. The molecule has 2 heteroatoms. The quantitative estimate of drug-likeness (QED) is 0.381. The first-order chi connectivity index (χ1) is 7.27. The van der Waals surface area contributed by atoms with Crippen molar-refractivity contribution < 1.29 is 9.53 Å². The van der Waals surface area contributed by atoms with Gasteiger partial charge in [-0.3, -0.25) is 4.79 Å². The van der Waals surface area contributed by atoms with E-state index in [2.05, 4.69) is 6.92 Å². The summed E-state index contributed by atoms with van der Waals surface area (Å²) in [5.41, 5.74) is 0. The van der Waals surface area contributed by atoms with Crippen molar-refractivity contribution in [2.45, 2.75) is 58.5 Å². The summed E-state index contributed by atoms with van der Waals surface area (Å²) in [5, 5.41) is 0. The van der Waals surface area contributed by atoms with E-state index in [1.54, 1.807) is 0 Å². The van der Waals surface area contributed by atoms with E-state index < -0.39 is 0 Å². The fraction of sp³-hybridized carbons (Fsp3) is 0.769. The third-order valence-corrected chi connectivity index (χ3v) is 2.91. The topological polar surface area (TPSA) is 26.3 Å². The number of unbranched alkanes of at least 4 members (excludes halogenated alkanes) is 3. The number of hydrogen-bond donors (Lipinski definition) is 0. The van der Waals surface area contributed by atoms with Crippen LogP contribution >= 0.6 is 0 Å². The second-order valence-electron chi connectivity index (χ2n) is 4.28. The molecule has 86 valence electrons. The molecule has 0 aromatic rings.